The van der Waals surface area contributed by atoms with E-state index in [1.807, 2.05) is 18.2 Å². The van der Waals surface area contributed by atoms with Crippen LogP contribution in [0.5, 0.6) is 17.4 Å². The average molecular weight is 297 g/mol. The van der Waals surface area contributed by atoms with Crippen molar-refractivity contribution in [3.8, 4) is 34.5 Å². The molecule has 1 aromatic carbocycles. The first kappa shape index (κ1) is 13.9. The summed E-state index contributed by atoms with van der Waals surface area (Å²) in [6, 6.07) is 12.4. The molecular formula is C16H15N3O3. The Hall–Kier alpha value is -3.02. The van der Waals surface area contributed by atoms with Gasteiger partial charge in [0.1, 0.15) is 0 Å². The van der Waals surface area contributed by atoms with E-state index in [0.29, 0.717) is 23.0 Å². The molecule has 0 amide bonds. The Bertz CT molecular complexity index is 785. The molecular weight excluding hydrogens is 282 g/mol. The van der Waals surface area contributed by atoms with Gasteiger partial charge < -0.3 is 14.6 Å². The zero-order valence-corrected chi connectivity index (χ0v) is 12.2. The Morgan fingerprint density at radius 2 is 1.82 bits per heavy atom. The van der Waals surface area contributed by atoms with Crippen LogP contribution >= 0.6 is 0 Å². The molecule has 0 saturated heterocycles. The number of hydrogen-bond donors (Lipinski definition) is 1. The molecule has 0 bridgehead atoms. The molecule has 0 unspecified atom stereocenters. The fraction of sp³-hybridized carbons (Fsp3) is 0.125. The van der Waals surface area contributed by atoms with Gasteiger partial charge >= 0.3 is 0 Å². The molecule has 0 aliphatic rings. The fourth-order valence-corrected chi connectivity index (χ4v) is 2.16. The number of methoxy groups -OCH3 is 2. The van der Waals surface area contributed by atoms with Gasteiger partial charge in [0.2, 0.25) is 5.88 Å². The monoisotopic (exact) mass is 297 g/mol. The summed E-state index contributed by atoms with van der Waals surface area (Å²) in [6.07, 6.45) is 1.65. The molecule has 6 heteroatoms. The van der Waals surface area contributed by atoms with Gasteiger partial charge in [-0.15, -0.1) is 0 Å². The van der Waals surface area contributed by atoms with Crippen molar-refractivity contribution < 1.29 is 14.6 Å². The Labute approximate surface area is 127 Å². The SMILES string of the molecule is COc1ccc(-c2cc(O)n(-c3ccccn3)n2)cc1OC. The van der Waals surface area contributed by atoms with Crippen molar-refractivity contribution in [3.05, 3.63) is 48.7 Å². The second kappa shape index (κ2) is 5.77. The lowest BCUT2D eigenvalue weighted by atomic mass is 10.1. The summed E-state index contributed by atoms with van der Waals surface area (Å²) >= 11 is 0. The topological polar surface area (TPSA) is 69.4 Å². The molecule has 0 radical (unpaired) electrons. The third-order valence-electron chi connectivity index (χ3n) is 3.24. The molecule has 0 aliphatic carbocycles. The van der Waals surface area contributed by atoms with Crippen molar-refractivity contribution >= 4 is 0 Å². The Kier molecular flexibility index (Phi) is 3.65. The van der Waals surface area contributed by atoms with E-state index in [2.05, 4.69) is 10.1 Å². The first-order valence-electron chi connectivity index (χ1n) is 6.66. The average Bonchev–Trinajstić information content (AvgIpc) is 2.97. The van der Waals surface area contributed by atoms with Gasteiger partial charge in [-0.2, -0.15) is 9.78 Å². The van der Waals surface area contributed by atoms with Gasteiger partial charge in [-0.1, -0.05) is 6.07 Å². The minimum absolute atomic E-state index is 0.0171. The van der Waals surface area contributed by atoms with E-state index in [9.17, 15) is 5.11 Å². The number of aromatic hydroxyl groups is 1. The van der Waals surface area contributed by atoms with Gasteiger partial charge in [0.15, 0.2) is 17.3 Å². The van der Waals surface area contributed by atoms with Crippen LogP contribution in [0.15, 0.2) is 48.7 Å². The van der Waals surface area contributed by atoms with Crippen molar-refractivity contribution in [2.75, 3.05) is 14.2 Å². The summed E-state index contributed by atoms with van der Waals surface area (Å²) < 4.78 is 11.9. The van der Waals surface area contributed by atoms with Crippen molar-refractivity contribution in [1.29, 1.82) is 0 Å². The third-order valence-corrected chi connectivity index (χ3v) is 3.24. The fourth-order valence-electron chi connectivity index (χ4n) is 2.16. The third kappa shape index (κ3) is 2.46. The summed E-state index contributed by atoms with van der Waals surface area (Å²) in [4.78, 5) is 4.17. The van der Waals surface area contributed by atoms with Crippen molar-refractivity contribution in [2.24, 2.45) is 0 Å². The van der Waals surface area contributed by atoms with Crippen molar-refractivity contribution in [3.63, 3.8) is 0 Å². The van der Waals surface area contributed by atoms with Crippen molar-refractivity contribution in [1.82, 2.24) is 14.8 Å². The van der Waals surface area contributed by atoms with Gasteiger partial charge in [-0.05, 0) is 30.3 Å². The first-order valence-corrected chi connectivity index (χ1v) is 6.66. The number of rotatable bonds is 4. The highest BCUT2D eigenvalue weighted by Gasteiger charge is 2.13. The Morgan fingerprint density at radius 1 is 1.00 bits per heavy atom. The number of nitrogens with zero attached hydrogens (tertiary/aromatic N) is 3. The minimum Gasteiger partial charge on any atom is -0.493 e. The van der Waals surface area contributed by atoms with Gasteiger partial charge in [0, 0.05) is 17.8 Å². The summed E-state index contributed by atoms with van der Waals surface area (Å²) in [5, 5.41) is 14.5. The lowest BCUT2D eigenvalue weighted by Gasteiger charge is -2.08. The van der Waals surface area contributed by atoms with Gasteiger partial charge in [0.25, 0.3) is 0 Å². The molecule has 22 heavy (non-hydrogen) atoms. The van der Waals surface area contributed by atoms with Gasteiger partial charge in [-0.3, -0.25) is 0 Å². The van der Waals surface area contributed by atoms with Crippen LogP contribution < -0.4 is 9.47 Å². The maximum absolute atomic E-state index is 10.1. The van der Waals surface area contributed by atoms with Crippen molar-refractivity contribution in [2.45, 2.75) is 0 Å². The quantitative estimate of drug-likeness (QED) is 0.801. The molecule has 1 N–H and O–H groups in total. The molecule has 0 aliphatic heterocycles. The highest BCUT2D eigenvalue weighted by Crippen LogP contribution is 2.33. The van der Waals surface area contributed by atoms with E-state index < -0.39 is 0 Å². The number of aromatic nitrogens is 3. The van der Waals surface area contributed by atoms with Gasteiger partial charge in [-0.25, -0.2) is 4.98 Å². The zero-order valence-electron chi connectivity index (χ0n) is 12.2. The number of pyridine rings is 1. The van der Waals surface area contributed by atoms with E-state index >= 15 is 0 Å². The van der Waals surface area contributed by atoms with Crippen LogP contribution in [0.25, 0.3) is 17.1 Å². The van der Waals surface area contributed by atoms with Crippen LogP contribution in [0.2, 0.25) is 0 Å². The maximum Gasteiger partial charge on any atom is 0.216 e. The number of hydrogen-bond acceptors (Lipinski definition) is 5. The Morgan fingerprint density at radius 3 is 2.50 bits per heavy atom. The predicted molar refractivity (Wildman–Crippen MR) is 81.6 cm³/mol. The standard InChI is InChI=1S/C16H15N3O3/c1-21-13-7-6-11(9-14(13)22-2)12-10-16(20)19(18-12)15-5-3-4-8-17-15/h3-10,20H,1-2H3. The molecule has 112 valence electrons. The number of benzene rings is 1. The largest absolute Gasteiger partial charge is 0.493 e. The molecule has 3 aromatic rings. The van der Waals surface area contributed by atoms with E-state index in [1.165, 1.54) is 4.68 Å². The summed E-state index contributed by atoms with van der Waals surface area (Å²) in [6.45, 7) is 0. The number of ether oxygens (including phenoxy) is 2. The van der Waals surface area contributed by atoms with E-state index in [4.69, 9.17) is 9.47 Å². The predicted octanol–water partition coefficient (Wildman–Crippen LogP) is 2.66. The normalized spacial score (nSPS) is 10.5. The van der Waals surface area contributed by atoms with Crippen LogP contribution in [0, 0.1) is 0 Å². The second-order valence-corrected chi connectivity index (χ2v) is 4.56. The summed E-state index contributed by atoms with van der Waals surface area (Å²) in [5.74, 6) is 1.81. The molecule has 0 saturated carbocycles. The molecule has 2 aromatic heterocycles. The summed E-state index contributed by atoms with van der Waals surface area (Å²) in [7, 11) is 3.16. The molecule has 0 atom stereocenters. The summed E-state index contributed by atoms with van der Waals surface area (Å²) in [5.41, 5.74) is 1.42. The molecule has 0 fully saturated rings. The van der Waals surface area contributed by atoms with Crippen LogP contribution in [0.1, 0.15) is 0 Å². The van der Waals surface area contributed by atoms with E-state index in [1.54, 1.807) is 44.7 Å². The highest BCUT2D eigenvalue weighted by molar-refractivity contribution is 5.65. The molecule has 6 nitrogen and oxygen atoms in total. The maximum atomic E-state index is 10.1. The first-order chi connectivity index (χ1) is 10.7. The smallest absolute Gasteiger partial charge is 0.216 e. The van der Waals surface area contributed by atoms with E-state index in [0.717, 1.165) is 5.56 Å². The zero-order chi connectivity index (χ0) is 15.5. The highest BCUT2D eigenvalue weighted by atomic mass is 16.5. The lowest BCUT2D eigenvalue weighted by Crippen LogP contribution is -1.98. The van der Waals surface area contributed by atoms with Crippen LogP contribution in [-0.2, 0) is 0 Å². The van der Waals surface area contributed by atoms with Gasteiger partial charge in [0.05, 0.1) is 19.9 Å². The minimum atomic E-state index is 0.0171. The Balaban J connectivity index is 2.03. The molecule has 2 heterocycles. The van der Waals surface area contributed by atoms with Crippen LogP contribution in [0.3, 0.4) is 0 Å². The molecule has 0 spiro atoms. The van der Waals surface area contributed by atoms with Crippen LogP contribution in [-0.4, -0.2) is 34.1 Å². The second-order valence-electron chi connectivity index (χ2n) is 4.56. The lowest BCUT2D eigenvalue weighted by molar-refractivity contribution is 0.355. The van der Waals surface area contributed by atoms with E-state index in [-0.39, 0.29) is 5.88 Å². The molecule has 3 rings (SSSR count). The van der Waals surface area contributed by atoms with Crippen LogP contribution in [0.4, 0.5) is 0 Å².